The van der Waals surface area contributed by atoms with Crippen molar-refractivity contribution in [1.82, 2.24) is 14.9 Å². The van der Waals surface area contributed by atoms with Gasteiger partial charge in [0.25, 0.3) is 17.2 Å². The van der Waals surface area contributed by atoms with Gasteiger partial charge in [-0.2, -0.15) is 13.2 Å². The third-order valence-electron chi connectivity index (χ3n) is 6.28. The molecule has 2 unspecified atom stereocenters. The van der Waals surface area contributed by atoms with E-state index in [1.54, 1.807) is 18.2 Å². The van der Waals surface area contributed by atoms with Gasteiger partial charge in [0.15, 0.2) is 0 Å². The smallest absolute Gasteiger partial charge is 0.371 e. The number of methoxy groups -OCH3 is 1. The number of carbonyl (C=O) groups is 4. The van der Waals surface area contributed by atoms with Crippen molar-refractivity contribution in [2.45, 2.75) is 37.7 Å². The number of imide groups is 1. The largest absolute Gasteiger partial charge is 0.452 e. The van der Waals surface area contributed by atoms with Crippen molar-refractivity contribution in [2.24, 2.45) is 0 Å². The second-order valence-electron chi connectivity index (χ2n) is 9.03. The summed E-state index contributed by atoms with van der Waals surface area (Å²) in [7, 11) is 1.20. The van der Waals surface area contributed by atoms with Crippen LogP contribution >= 0.6 is 0 Å². The first-order valence-corrected chi connectivity index (χ1v) is 12.1. The van der Waals surface area contributed by atoms with E-state index in [9.17, 15) is 41.5 Å². The number of ketones is 1. The van der Waals surface area contributed by atoms with Crippen LogP contribution in [0.5, 0.6) is 0 Å². The van der Waals surface area contributed by atoms with Crippen molar-refractivity contribution < 1.29 is 41.5 Å². The molecule has 1 aliphatic heterocycles. The summed E-state index contributed by atoms with van der Waals surface area (Å²) in [5.41, 5.74) is -1.11. The summed E-state index contributed by atoms with van der Waals surface area (Å²) in [5, 5.41) is 2.03. The van der Waals surface area contributed by atoms with Crippen molar-refractivity contribution in [3.8, 4) is 11.4 Å². The first-order valence-electron chi connectivity index (χ1n) is 12.1. The van der Waals surface area contributed by atoms with Crippen LogP contribution in [0.25, 0.3) is 11.4 Å². The molecule has 0 radical (unpaired) electrons. The maximum Gasteiger partial charge on any atom is 0.452 e. The molecule has 0 spiro atoms. The number of Topliss-reactive ketones (excluding diaryl/α,β-unsaturated/α-hetero) is 1. The summed E-state index contributed by atoms with van der Waals surface area (Å²) in [5.74, 6) is -5.82. The number of rotatable bonds is 9. The molecule has 0 saturated carbocycles. The van der Waals surface area contributed by atoms with E-state index in [0.29, 0.717) is 10.5 Å². The number of halogens is 4. The topological polar surface area (TPSA) is 128 Å². The highest BCUT2D eigenvalue weighted by atomic mass is 19.4. The maximum atomic E-state index is 13.5. The highest BCUT2D eigenvalue weighted by molar-refractivity contribution is 6.21. The van der Waals surface area contributed by atoms with Gasteiger partial charge in [-0.1, -0.05) is 30.3 Å². The zero-order chi connectivity index (χ0) is 29.9. The average Bonchev–Trinajstić information content (AvgIpc) is 3.22. The van der Waals surface area contributed by atoms with E-state index in [0.717, 1.165) is 22.9 Å². The third kappa shape index (κ3) is 6.38. The number of anilines is 1. The Labute approximate surface area is 229 Å². The van der Waals surface area contributed by atoms with Crippen molar-refractivity contribution in [2.75, 3.05) is 12.0 Å². The molecule has 1 aliphatic rings. The van der Waals surface area contributed by atoms with Gasteiger partial charge in [0.2, 0.25) is 11.8 Å². The highest BCUT2D eigenvalue weighted by Gasteiger charge is 2.44. The molecular formula is C27H22F4N4O6. The van der Waals surface area contributed by atoms with Gasteiger partial charge in [-0.15, -0.1) is 0 Å². The quantitative estimate of drug-likeness (QED) is 0.307. The number of aromatic nitrogens is 2. The van der Waals surface area contributed by atoms with Gasteiger partial charge >= 0.3 is 6.18 Å². The normalized spacial score (nSPS) is 16.1. The Hall–Kier alpha value is -4.72. The third-order valence-corrected chi connectivity index (χ3v) is 6.28. The van der Waals surface area contributed by atoms with Gasteiger partial charge < -0.3 is 10.1 Å². The first kappa shape index (κ1) is 29.3. The summed E-state index contributed by atoms with van der Waals surface area (Å²) in [6.07, 6.45) is -6.33. The Kier molecular flexibility index (Phi) is 8.42. The van der Waals surface area contributed by atoms with Crippen LogP contribution in [0.15, 0.2) is 65.6 Å². The zero-order valence-corrected chi connectivity index (χ0v) is 21.4. The average molecular weight is 574 g/mol. The molecule has 14 heteroatoms. The maximum absolute atomic E-state index is 13.5. The van der Waals surface area contributed by atoms with E-state index in [1.807, 2.05) is 5.32 Å². The van der Waals surface area contributed by atoms with E-state index in [-0.39, 0.29) is 17.8 Å². The van der Waals surface area contributed by atoms with Crippen LogP contribution < -0.4 is 15.8 Å². The summed E-state index contributed by atoms with van der Waals surface area (Å²) in [6.45, 7) is -0.952. The standard InChI is InChI=1S/C27H22F4N4O6/c1-41-20-12-22(37)35(26(20)40)19-13-32-24(16-7-9-17(28)10-8-16)34(25(19)39)14-21(36)33-18(23(38)27(29,30)31)11-15-5-3-2-4-6-15/h2-10,13,18,20H,11-12,14H2,1H3,(H,33,36). The summed E-state index contributed by atoms with van der Waals surface area (Å²) in [6, 6.07) is 10.2. The van der Waals surface area contributed by atoms with Gasteiger partial charge in [0.1, 0.15) is 36.0 Å². The Balaban J connectivity index is 1.72. The van der Waals surface area contributed by atoms with E-state index in [1.165, 1.54) is 31.4 Å². The number of nitrogens with one attached hydrogen (secondary N) is 1. The molecule has 10 nitrogen and oxygen atoms in total. The first-order chi connectivity index (χ1) is 19.4. The van der Waals surface area contributed by atoms with E-state index < -0.39 is 71.9 Å². The van der Waals surface area contributed by atoms with Crippen LogP contribution in [0.1, 0.15) is 12.0 Å². The minimum Gasteiger partial charge on any atom is -0.371 e. The molecule has 2 aromatic carbocycles. The molecule has 1 aromatic heterocycles. The lowest BCUT2D eigenvalue weighted by Crippen LogP contribution is -2.49. The van der Waals surface area contributed by atoms with Crippen LogP contribution in [-0.4, -0.2) is 58.5 Å². The molecular weight excluding hydrogens is 552 g/mol. The molecule has 3 aromatic rings. The Morgan fingerprint density at radius 1 is 1.07 bits per heavy atom. The van der Waals surface area contributed by atoms with Gasteiger partial charge in [-0.05, 0) is 29.8 Å². The predicted molar refractivity (Wildman–Crippen MR) is 135 cm³/mol. The minimum absolute atomic E-state index is 0.142. The van der Waals surface area contributed by atoms with Crippen LogP contribution in [0.4, 0.5) is 23.2 Å². The number of carbonyl (C=O) groups excluding carboxylic acids is 4. The predicted octanol–water partition coefficient (Wildman–Crippen LogP) is 2.19. The van der Waals surface area contributed by atoms with Crippen LogP contribution in [0.3, 0.4) is 0 Å². The summed E-state index contributed by atoms with van der Waals surface area (Å²) in [4.78, 5) is 68.6. The summed E-state index contributed by atoms with van der Waals surface area (Å²) < 4.78 is 59.3. The van der Waals surface area contributed by atoms with E-state index in [4.69, 9.17) is 4.74 Å². The molecule has 2 heterocycles. The van der Waals surface area contributed by atoms with Crippen molar-refractivity contribution in [3.05, 3.63) is 82.5 Å². The minimum atomic E-state index is -5.27. The number of alkyl halides is 3. The number of benzene rings is 2. The number of amides is 3. The van der Waals surface area contributed by atoms with E-state index >= 15 is 0 Å². The van der Waals surface area contributed by atoms with Gasteiger partial charge in [-0.3, -0.25) is 28.5 Å². The molecule has 3 amide bonds. The Morgan fingerprint density at radius 2 is 1.73 bits per heavy atom. The van der Waals surface area contributed by atoms with E-state index in [2.05, 4.69) is 4.98 Å². The van der Waals surface area contributed by atoms with Crippen molar-refractivity contribution in [1.29, 1.82) is 0 Å². The number of nitrogens with zero attached hydrogens (tertiary/aromatic N) is 3. The zero-order valence-electron chi connectivity index (χ0n) is 21.4. The molecule has 4 rings (SSSR count). The van der Waals surface area contributed by atoms with Gasteiger partial charge in [0, 0.05) is 19.1 Å². The molecule has 0 aliphatic carbocycles. The SMILES string of the molecule is COC1CC(=O)N(c2cnc(-c3ccc(F)cc3)n(CC(=O)NC(Cc3ccccc3)C(=O)C(F)(F)F)c2=O)C1=O. The van der Waals surface area contributed by atoms with Gasteiger partial charge in [0.05, 0.1) is 12.6 Å². The monoisotopic (exact) mass is 574 g/mol. The molecule has 1 N–H and O–H groups in total. The molecule has 2 atom stereocenters. The molecule has 41 heavy (non-hydrogen) atoms. The lowest BCUT2D eigenvalue weighted by molar-refractivity contribution is -0.173. The molecule has 0 bridgehead atoms. The Morgan fingerprint density at radius 3 is 2.32 bits per heavy atom. The van der Waals surface area contributed by atoms with Crippen molar-refractivity contribution in [3.63, 3.8) is 0 Å². The van der Waals surface area contributed by atoms with Crippen LogP contribution in [0, 0.1) is 5.82 Å². The summed E-state index contributed by atoms with van der Waals surface area (Å²) >= 11 is 0. The fraction of sp³-hybridized carbons (Fsp3) is 0.259. The van der Waals surface area contributed by atoms with Gasteiger partial charge in [-0.25, -0.2) is 14.3 Å². The number of ether oxygens (including phenoxy) is 1. The molecule has 1 fully saturated rings. The number of hydrogen-bond acceptors (Lipinski definition) is 7. The molecule has 1 saturated heterocycles. The lowest BCUT2D eigenvalue weighted by atomic mass is 10.0. The fourth-order valence-electron chi connectivity index (χ4n) is 4.29. The van der Waals surface area contributed by atoms with Crippen LogP contribution in [0.2, 0.25) is 0 Å². The fourth-order valence-corrected chi connectivity index (χ4v) is 4.29. The van der Waals surface area contributed by atoms with Crippen molar-refractivity contribution >= 4 is 29.2 Å². The highest BCUT2D eigenvalue weighted by Crippen LogP contribution is 2.24. The molecule has 214 valence electrons. The second kappa shape index (κ2) is 11.8. The lowest BCUT2D eigenvalue weighted by Gasteiger charge is -2.21. The van der Waals surface area contributed by atoms with Crippen LogP contribution in [-0.2, 0) is 36.9 Å². The second-order valence-corrected chi connectivity index (χ2v) is 9.03. The number of hydrogen-bond donors (Lipinski definition) is 1. The Bertz CT molecular complexity index is 1540.